The highest BCUT2D eigenvalue weighted by Gasteiger charge is 2.22. The summed E-state index contributed by atoms with van der Waals surface area (Å²) in [5, 5.41) is 9.55. The van der Waals surface area contributed by atoms with Gasteiger partial charge in [-0.1, -0.05) is 121 Å². The largest absolute Gasteiger partial charge is 0.456 e. The molecule has 0 N–H and O–H groups in total. The number of hydrogen-bond donors (Lipinski definition) is 0. The van der Waals surface area contributed by atoms with Crippen molar-refractivity contribution in [3.05, 3.63) is 158 Å². The van der Waals surface area contributed by atoms with Crippen molar-refractivity contribution in [1.29, 1.82) is 0 Å². The summed E-state index contributed by atoms with van der Waals surface area (Å²) in [4.78, 5) is 0. The molecule has 1 heterocycles. The monoisotopic (exact) mass is 575 g/mol. The molecule has 45 heavy (non-hydrogen) atoms. The van der Waals surface area contributed by atoms with E-state index in [2.05, 4.69) is 97.1 Å². The van der Waals surface area contributed by atoms with E-state index in [-0.39, 0.29) is 29.7 Å². The molecular formula is C44H26O. The molecular weight excluding hydrogens is 544 g/mol. The first kappa shape index (κ1) is 20.1. The minimum atomic E-state index is -0.405. The maximum Gasteiger partial charge on any atom is 0.135 e. The third kappa shape index (κ3) is 3.68. The van der Waals surface area contributed by atoms with Crippen molar-refractivity contribution in [2.75, 3.05) is 0 Å². The molecule has 0 radical (unpaired) electrons. The van der Waals surface area contributed by atoms with Crippen LogP contribution in [-0.4, -0.2) is 0 Å². The molecule has 1 nitrogen and oxygen atoms in total. The van der Waals surface area contributed by atoms with Crippen LogP contribution in [0.1, 0.15) is 6.85 Å². The van der Waals surface area contributed by atoms with Gasteiger partial charge >= 0.3 is 0 Å². The van der Waals surface area contributed by atoms with Gasteiger partial charge in [0, 0.05) is 10.9 Å². The molecule has 9 aromatic rings. The number of ether oxygens (including phenoxy) is 1. The Kier molecular flexibility index (Phi) is 4.15. The molecule has 1 heteroatoms. The summed E-state index contributed by atoms with van der Waals surface area (Å²) in [7, 11) is 0. The zero-order valence-electron chi connectivity index (χ0n) is 29.0. The van der Waals surface area contributed by atoms with Crippen LogP contribution in [0.15, 0.2) is 158 Å². The van der Waals surface area contributed by atoms with Gasteiger partial charge in [-0.25, -0.2) is 0 Å². The fraction of sp³-hybridized carbons (Fsp3) is 0. The van der Waals surface area contributed by atoms with E-state index >= 15 is 0 Å². The molecule has 0 aliphatic carbocycles. The number of rotatable bonds is 3. The first-order chi connectivity index (χ1) is 24.4. The minimum Gasteiger partial charge on any atom is -0.456 e. The van der Waals surface area contributed by atoms with Crippen LogP contribution < -0.4 is 4.74 Å². The van der Waals surface area contributed by atoms with Crippen molar-refractivity contribution in [2.24, 2.45) is 0 Å². The van der Waals surface area contributed by atoms with Gasteiger partial charge in [0.25, 0.3) is 0 Å². The molecule has 0 atom stereocenters. The van der Waals surface area contributed by atoms with E-state index in [1.54, 1.807) is 6.07 Å². The lowest BCUT2D eigenvalue weighted by molar-refractivity contribution is 0.487. The van der Waals surface area contributed by atoms with Gasteiger partial charge in [0.1, 0.15) is 11.5 Å². The standard InChI is InChI=1S/C44H26O/c1-2-7-27(8-3-1)32-19-22-40-38(25-32)39-26-35(24-34-13-6-14-41(45-40)43(34)39)31-11-5-12-33(23-31)36-20-17-30-16-15-28-9-4-10-29-18-21-37(36)44(30)42(28)29/h1-26H/i1D,2D,3D,7D,8D. The minimum absolute atomic E-state index is 0.172. The van der Waals surface area contributed by atoms with Gasteiger partial charge in [-0.15, -0.1) is 0 Å². The average molecular weight is 576 g/mol. The summed E-state index contributed by atoms with van der Waals surface area (Å²) in [5.74, 6) is 1.41. The molecule has 10 rings (SSSR count). The molecule has 208 valence electrons. The van der Waals surface area contributed by atoms with Crippen molar-refractivity contribution in [3.63, 3.8) is 0 Å². The van der Waals surface area contributed by atoms with Crippen LogP contribution in [0, 0.1) is 0 Å². The molecule has 0 amide bonds. The SMILES string of the molecule is [2H]c1c([2H])c([2H])c(-c2ccc3c(c2)-c2cc(-c4cccc(-c5ccc6ccc7cccc8ccc5c6c78)c4)cc4cccc(c24)O3)c([2H])c1[2H]. The number of benzene rings is 9. The zero-order valence-corrected chi connectivity index (χ0v) is 24.0. The molecule has 1 aliphatic heterocycles. The van der Waals surface area contributed by atoms with E-state index in [1.165, 1.54) is 37.9 Å². The maximum absolute atomic E-state index is 8.59. The highest BCUT2D eigenvalue weighted by atomic mass is 16.5. The van der Waals surface area contributed by atoms with Crippen LogP contribution in [0.3, 0.4) is 0 Å². The van der Waals surface area contributed by atoms with Crippen molar-refractivity contribution < 1.29 is 11.6 Å². The summed E-state index contributed by atoms with van der Waals surface area (Å²) < 4.78 is 48.1. The average Bonchev–Trinajstić information content (AvgIpc) is 3.15. The number of fused-ring (bicyclic) bond motifs is 2. The predicted octanol–water partition coefficient (Wildman–Crippen LogP) is 12.5. The van der Waals surface area contributed by atoms with E-state index < -0.39 is 6.04 Å². The fourth-order valence-electron chi connectivity index (χ4n) is 7.21. The molecule has 0 fully saturated rings. The van der Waals surface area contributed by atoms with Crippen LogP contribution in [0.5, 0.6) is 11.5 Å². The molecule has 0 saturated heterocycles. The second-order valence-corrected chi connectivity index (χ2v) is 11.7. The van der Waals surface area contributed by atoms with Crippen LogP contribution >= 0.6 is 0 Å². The van der Waals surface area contributed by atoms with Gasteiger partial charge in [-0.05, 0) is 113 Å². The zero-order chi connectivity index (χ0) is 33.8. The Bertz CT molecular complexity index is 2870. The van der Waals surface area contributed by atoms with Gasteiger partial charge in [0.15, 0.2) is 0 Å². The van der Waals surface area contributed by atoms with Gasteiger partial charge in [0.2, 0.25) is 0 Å². The first-order valence-electron chi connectivity index (χ1n) is 17.6. The smallest absolute Gasteiger partial charge is 0.135 e. The van der Waals surface area contributed by atoms with Crippen LogP contribution in [0.2, 0.25) is 0 Å². The van der Waals surface area contributed by atoms with Gasteiger partial charge < -0.3 is 4.74 Å². The van der Waals surface area contributed by atoms with E-state index in [1.807, 2.05) is 24.3 Å². The molecule has 0 unspecified atom stereocenters. The van der Waals surface area contributed by atoms with Crippen molar-refractivity contribution in [2.45, 2.75) is 0 Å². The van der Waals surface area contributed by atoms with Crippen LogP contribution in [0.4, 0.5) is 0 Å². The van der Waals surface area contributed by atoms with E-state index in [0.29, 0.717) is 11.3 Å². The molecule has 0 spiro atoms. The maximum atomic E-state index is 8.59. The van der Waals surface area contributed by atoms with Gasteiger partial charge in [-0.2, -0.15) is 0 Å². The third-order valence-corrected chi connectivity index (χ3v) is 9.25. The van der Waals surface area contributed by atoms with E-state index in [0.717, 1.165) is 44.3 Å². The third-order valence-electron chi connectivity index (χ3n) is 9.25. The van der Waals surface area contributed by atoms with E-state index in [9.17, 15) is 0 Å². The van der Waals surface area contributed by atoms with Gasteiger partial charge in [-0.3, -0.25) is 0 Å². The first-order valence-corrected chi connectivity index (χ1v) is 15.1. The van der Waals surface area contributed by atoms with Gasteiger partial charge in [0.05, 0.1) is 6.85 Å². The molecule has 1 aliphatic rings. The Hall–Kier alpha value is -5.92. The highest BCUT2D eigenvalue weighted by Crippen LogP contribution is 2.49. The Labute approximate surface area is 267 Å². The molecule has 0 saturated carbocycles. The van der Waals surface area contributed by atoms with Crippen molar-refractivity contribution >= 4 is 43.1 Å². The summed E-state index contributed by atoms with van der Waals surface area (Å²) in [5.41, 5.74) is 6.93. The van der Waals surface area contributed by atoms with Crippen LogP contribution in [0.25, 0.3) is 87.6 Å². The lowest BCUT2D eigenvalue weighted by Gasteiger charge is -2.23. The van der Waals surface area contributed by atoms with Crippen molar-refractivity contribution in [3.8, 4) is 56.0 Å². The van der Waals surface area contributed by atoms with Crippen molar-refractivity contribution in [1.82, 2.24) is 0 Å². The quantitative estimate of drug-likeness (QED) is 0.190. The summed E-state index contributed by atoms with van der Waals surface area (Å²) >= 11 is 0. The lowest BCUT2D eigenvalue weighted by atomic mass is 9.87. The Balaban J connectivity index is 1.16. The summed E-state index contributed by atoms with van der Waals surface area (Å²) in [6.45, 7) is 0. The highest BCUT2D eigenvalue weighted by molar-refractivity contribution is 6.25. The molecule has 0 bridgehead atoms. The van der Waals surface area contributed by atoms with Crippen LogP contribution in [-0.2, 0) is 0 Å². The molecule has 9 aromatic carbocycles. The Morgan fingerprint density at radius 1 is 0.378 bits per heavy atom. The second-order valence-electron chi connectivity index (χ2n) is 11.7. The second kappa shape index (κ2) is 9.29. The topological polar surface area (TPSA) is 9.23 Å². The molecule has 0 aromatic heterocycles. The Morgan fingerprint density at radius 2 is 1.07 bits per heavy atom. The lowest BCUT2D eigenvalue weighted by Crippen LogP contribution is -1.98. The fourth-order valence-corrected chi connectivity index (χ4v) is 7.21. The number of hydrogen-bond acceptors (Lipinski definition) is 1. The summed E-state index contributed by atoms with van der Waals surface area (Å²) in [6.07, 6.45) is 0. The van der Waals surface area contributed by atoms with E-state index in [4.69, 9.17) is 11.6 Å². The normalized spacial score (nSPS) is 13.7. The predicted molar refractivity (Wildman–Crippen MR) is 189 cm³/mol. The summed E-state index contributed by atoms with van der Waals surface area (Å²) in [6, 6.07) is 42.9. The Morgan fingerprint density at radius 3 is 1.96 bits per heavy atom.